The lowest BCUT2D eigenvalue weighted by Gasteiger charge is -2.25. The van der Waals surface area contributed by atoms with Crippen molar-refractivity contribution in [2.24, 2.45) is 11.1 Å². The summed E-state index contributed by atoms with van der Waals surface area (Å²) < 4.78 is 28.0. The van der Waals surface area contributed by atoms with Crippen LogP contribution in [0.5, 0.6) is 0 Å². The van der Waals surface area contributed by atoms with Crippen LogP contribution in [0.15, 0.2) is 18.2 Å². The molecule has 25 heavy (non-hydrogen) atoms. The Morgan fingerprint density at radius 2 is 1.96 bits per heavy atom. The van der Waals surface area contributed by atoms with Gasteiger partial charge in [0.2, 0.25) is 11.8 Å². The number of nitrogens with two attached hydrogens (primary N) is 1. The number of halogens is 3. The van der Waals surface area contributed by atoms with E-state index in [1.807, 2.05) is 6.92 Å². The molecule has 5 nitrogen and oxygen atoms in total. The first kappa shape index (κ1) is 21.3. The molecule has 3 N–H and O–H groups in total. The minimum Gasteiger partial charge on any atom is -0.349 e. The Labute approximate surface area is 152 Å². The summed E-state index contributed by atoms with van der Waals surface area (Å²) in [4.78, 5) is 25.6. The number of benzene rings is 1. The lowest BCUT2D eigenvalue weighted by Crippen LogP contribution is -2.37. The highest BCUT2D eigenvalue weighted by Gasteiger charge is 2.36. The Kier molecular flexibility index (Phi) is 7.31. The van der Waals surface area contributed by atoms with Crippen molar-refractivity contribution < 1.29 is 18.4 Å². The van der Waals surface area contributed by atoms with Crippen molar-refractivity contribution in [2.45, 2.75) is 32.7 Å². The SMILES string of the molecule is CC(=O)NC(CC(=O)N1CCC(C)(CN)C1)c1c(F)cccc1F.Cl. The van der Waals surface area contributed by atoms with E-state index in [0.717, 1.165) is 18.6 Å². The average molecular weight is 376 g/mol. The highest BCUT2D eigenvalue weighted by Crippen LogP contribution is 2.30. The van der Waals surface area contributed by atoms with E-state index in [4.69, 9.17) is 5.73 Å². The van der Waals surface area contributed by atoms with E-state index in [-0.39, 0.29) is 35.7 Å². The number of amides is 2. The Hall–Kier alpha value is -1.73. The van der Waals surface area contributed by atoms with Crippen LogP contribution in [0, 0.1) is 17.0 Å². The van der Waals surface area contributed by atoms with Gasteiger partial charge in [-0.1, -0.05) is 13.0 Å². The van der Waals surface area contributed by atoms with Gasteiger partial charge in [0.05, 0.1) is 12.5 Å². The number of hydrogen-bond donors (Lipinski definition) is 2. The second kappa shape index (κ2) is 8.58. The summed E-state index contributed by atoms with van der Waals surface area (Å²) >= 11 is 0. The van der Waals surface area contributed by atoms with Crippen LogP contribution in [0.1, 0.15) is 38.3 Å². The monoisotopic (exact) mass is 375 g/mol. The number of carbonyl (C=O) groups excluding carboxylic acids is 2. The zero-order valence-electron chi connectivity index (χ0n) is 14.4. The topological polar surface area (TPSA) is 75.4 Å². The van der Waals surface area contributed by atoms with Crippen molar-refractivity contribution in [2.75, 3.05) is 19.6 Å². The van der Waals surface area contributed by atoms with Crippen molar-refractivity contribution in [3.63, 3.8) is 0 Å². The van der Waals surface area contributed by atoms with Gasteiger partial charge in [0.1, 0.15) is 11.6 Å². The van der Waals surface area contributed by atoms with E-state index in [9.17, 15) is 18.4 Å². The highest BCUT2D eigenvalue weighted by molar-refractivity contribution is 5.85. The van der Waals surface area contributed by atoms with Gasteiger partial charge in [0, 0.05) is 25.6 Å². The minimum absolute atomic E-state index is 0. The van der Waals surface area contributed by atoms with Gasteiger partial charge in [0.25, 0.3) is 0 Å². The molecule has 0 saturated carbocycles. The first-order valence-electron chi connectivity index (χ1n) is 7.94. The van der Waals surface area contributed by atoms with Gasteiger partial charge in [-0.3, -0.25) is 9.59 Å². The molecule has 0 bridgehead atoms. The van der Waals surface area contributed by atoms with Gasteiger partial charge < -0.3 is 16.0 Å². The fourth-order valence-electron chi connectivity index (χ4n) is 3.02. The zero-order valence-corrected chi connectivity index (χ0v) is 15.2. The summed E-state index contributed by atoms with van der Waals surface area (Å²) in [6, 6.07) is 2.42. The smallest absolute Gasteiger partial charge is 0.225 e. The second-order valence-electron chi connectivity index (χ2n) is 6.67. The normalized spacial score (nSPS) is 20.8. The molecule has 2 unspecified atom stereocenters. The van der Waals surface area contributed by atoms with Crippen molar-refractivity contribution in [1.29, 1.82) is 0 Å². The lowest BCUT2D eigenvalue weighted by molar-refractivity contribution is -0.131. The molecule has 1 saturated heterocycles. The molecule has 2 amide bonds. The first-order chi connectivity index (χ1) is 11.3. The van der Waals surface area contributed by atoms with Crippen molar-refractivity contribution in [3.8, 4) is 0 Å². The predicted molar refractivity (Wildman–Crippen MR) is 93.1 cm³/mol. The standard InChI is InChI=1S/C17H23F2N3O2.ClH/c1-11(23)21-14(16-12(18)4-3-5-13(16)19)8-15(24)22-7-6-17(2,9-20)10-22;/h3-5,14H,6-10,20H2,1-2H3,(H,21,23);1H. The third kappa shape index (κ3) is 5.12. The van der Waals surface area contributed by atoms with Crippen LogP contribution in [-0.2, 0) is 9.59 Å². The molecule has 1 heterocycles. The average Bonchev–Trinajstić information content (AvgIpc) is 2.90. The number of carbonyl (C=O) groups is 2. The molecule has 2 rings (SSSR count). The van der Waals surface area contributed by atoms with Crippen molar-refractivity contribution >= 4 is 24.2 Å². The van der Waals surface area contributed by atoms with E-state index in [2.05, 4.69) is 5.32 Å². The molecule has 8 heteroatoms. The maximum absolute atomic E-state index is 14.0. The van der Waals surface area contributed by atoms with Gasteiger partial charge in [-0.25, -0.2) is 8.78 Å². The summed E-state index contributed by atoms with van der Waals surface area (Å²) in [6.45, 7) is 4.78. The number of hydrogen-bond acceptors (Lipinski definition) is 3. The number of likely N-dealkylation sites (tertiary alicyclic amines) is 1. The maximum Gasteiger partial charge on any atom is 0.225 e. The number of nitrogens with zero attached hydrogens (tertiary/aromatic N) is 1. The van der Waals surface area contributed by atoms with Crippen LogP contribution in [0.2, 0.25) is 0 Å². The van der Waals surface area contributed by atoms with Gasteiger partial charge in [-0.05, 0) is 30.5 Å². The molecule has 0 spiro atoms. The quantitative estimate of drug-likeness (QED) is 0.828. The van der Waals surface area contributed by atoms with Crippen LogP contribution >= 0.6 is 12.4 Å². The van der Waals surface area contributed by atoms with Crippen molar-refractivity contribution in [1.82, 2.24) is 10.2 Å². The van der Waals surface area contributed by atoms with E-state index >= 15 is 0 Å². The van der Waals surface area contributed by atoms with Crippen molar-refractivity contribution in [3.05, 3.63) is 35.4 Å². The summed E-state index contributed by atoms with van der Waals surface area (Å²) in [5, 5.41) is 2.48. The Morgan fingerprint density at radius 3 is 2.44 bits per heavy atom. The summed E-state index contributed by atoms with van der Waals surface area (Å²) in [5.74, 6) is -2.28. The highest BCUT2D eigenvalue weighted by atomic mass is 35.5. The van der Waals surface area contributed by atoms with E-state index in [1.54, 1.807) is 4.90 Å². The third-order valence-electron chi connectivity index (χ3n) is 4.51. The largest absolute Gasteiger partial charge is 0.349 e. The second-order valence-corrected chi connectivity index (χ2v) is 6.67. The van der Waals surface area contributed by atoms with Crippen LogP contribution in [0.4, 0.5) is 8.78 Å². The van der Waals surface area contributed by atoms with E-state index in [0.29, 0.717) is 19.6 Å². The summed E-state index contributed by atoms with van der Waals surface area (Å²) in [6.07, 6.45) is 0.589. The van der Waals surface area contributed by atoms with Crippen LogP contribution < -0.4 is 11.1 Å². The Bertz CT molecular complexity index is 624. The molecule has 1 aliphatic heterocycles. The fraction of sp³-hybridized carbons (Fsp3) is 0.529. The number of rotatable bonds is 5. The van der Waals surface area contributed by atoms with Gasteiger partial charge >= 0.3 is 0 Å². The van der Waals surface area contributed by atoms with Crippen LogP contribution in [0.25, 0.3) is 0 Å². The predicted octanol–water partition coefficient (Wildman–Crippen LogP) is 2.15. The molecule has 1 aliphatic rings. The zero-order chi connectivity index (χ0) is 17.9. The molecule has 1 aromatic rings. The summed E-state index contributed by atoms with van der Waals surface area (Å²) in [7, 11) is 0. The molecule has 1 aromatic carbocycles. The third-order valence-corrected chi connectivity index (χ3v) is 4.51. The summed E-state index contributed by atoms with van der Waals surface area (Å²) in [5.41, 5.74) is 5.31. The Morgan fingerprint density at radius 1 is 1.36 bits per heavy atom. The molecular weight excluding hydrogens is 352 g/mol. The van der Waals surface area contributed by atoms with Crippen LogP contribution in [0.3, 0.4) is 0 Å². The Balaban J connectivity index is 0.00000312. The fourth-order valence-corrected chi connectivity index (χ4v) is 3.02. The first-order valence-corrected chi connectivity index (χ1v) is 7.94. The van der Waals surface area contributed by atoms with Gasteiger partial charge in [-0.2, -0.15) is 0 Å². The number of nitrogens with one attached hydrogen (secondary N) is 1. The molecule has 0 aliphatic carbocycles. The molecule has 140 valence electrons. The molecular formula is C17H24ClF2N3O2. The molecule has 0 radical (unpaired) electrons. The maximum atomic E-state index is 14.0. The van der Waals surface area contributed by atoms with Gasteiger partial charge in [-0.15, -0.1) is 12.4 Å². The lowest BCUT2D eigenvalue weighted by atomic mass is 9.90. The minimum atomic E-state index is -1.04. The van der Waals surface area contributed by atoms with Gasteiger partial charge in [0.15, 0.2) is 0 Å². The van der Waals surface area contributed by atoms with Crippen LogP contribution in [-0.4, -0.2) is 36.3 Å². The molecule has 0 aromatic heterocycles. The molecule has 2 atom stereocenters. The molecule has 1 fully saturated rings. The van der Waals surface area contributed by atoms with E-state index < -0.39 is 23.6 Å². The van der Waals surface area contributed by atoms with E-state index in [1.165, 1.54) is 13.0 Å².